The van der Waals surface area contributed by atoms with Gasteiger partial charge in [-0.3, -0.25) is 4.90 Å². The topological polar surface area (TPSA) is 86.5 Å². The quantitative estimate of drug-likeness (QED) is 0.602. The minimum atomic E-state index is -1.54. The van der Waals surface area contributed by atoms with Crippen LogP contribution in [0.2, 0.25) is 0 Å². The molecule has 0 aromatic heterocycles. The van der Waals surface area contributed by atoms with Crippen LogP contribution in [0.3, 0.4) is 0 Å². The molecule has 0 heterocycles. The SMILES string of the molecule is CCCCN(C(N)=O)C(=O)[O-]. The second-order valence-corrected chi connectivity index (χ2v) is 2.11. The van der Waals surface area contributed by atoms with Crippen molar-refractivity contribution in [2.24, 2.45) is 5.73 Å². The third-order valence-electron chi connectivity index (χ3n) is 1.22. The van der Waals surface area contributed by atoms with Gasteiger partial charge in [0.25, 0.3) is 0 Å². The summed E-state index contributed by atoms with van der Waals surface area (Å²) in [4.78, 5) is 21.0. The second-order valence-electron chi connectivity index (χ2n) is 2.11. The maximum Gasteiger partial charge on any atom is 0.320 e. The molecule has 0 aliphatic heterocycles. The molecule has 0 unspecified atom stereocenters. The van der Waals surface area contributed by atoms with Gasteiger partial charge >= 0.3 is 6.03 Å². The van der Waals surface area contributed by atoms with Crippen molar-refractivity contribution in [2.75, 3.05) is 6.54 Å². The van der Waals surface area contributed by atoms with Gasteiger partial charge in [0.1, 0.15) is 6.09 Å². The summed E-state index contributed by atoms with van der Waals surface area (Å²) in [6.07, 6.45) is -0.125. The van der Waals surface area contributed by atoms with Crippen molar-refractivity contribution in [2.45, 2.75) is 19.8 Å². The molecule has 2 N–H and O–H groups in total. The smallest absolute Gasteiger partial charge is 0.320 e. The zero-order chi connectivity index (χ0) is 8.85. The van der Waals surface area contributed by atoms with E-state index in [0.717, 1.165) is 6.42 Å². The van der Waals surface area contributed by atoms with E-state index in [-0.39, 0.29) is 6.54 Å². The lowest BCUT2D eigenvalue weighted by Crippen LogP contribution is -2.48. The van der Waals surface area contributed by atoms with Crippen molar-refractivity contribution in [1.29, 1.82) is 0 Å². The molecular formula is C6H11N2O3-. The Balaban J connectivity index is 3.90. The van der Waals surface area contributed by atoms with Crippen LogP contribution in [0.25, 0.3) is 0 Å². The van der Waals surface area contributed by atoms with Crippen LogP contribution in [0.15, 0.2) is 0 Å². The number of carbonyl (C=O) groups is 2. The Kier molecular flexibility index (Phi) is 4.02. The monoisotopic (exact) mass is 159 g/mol. The average Bonchev–Trinajstić information content (AvgIpc) is 1.87. The Labute approximate surface area is 64.8 Å². The molecule has 0 aromatic carbocycles. The van der Waals surface area contributed by atoms with Gasteiger partial charge in [-0.15, -0.1) is 0 Å². The van der Waals surface area contributed by atoms with E-state index in [2.05, 4.69) is 0 Å². The van der Waals surface area contributed by atoms with Crippen LogP contribution in [-0.2, 0) is 0 Å². The predicted octanol–water partition coefficient (Wildman–Crippen LogP) is -0.489. The van der Waals surface area contributed by atoms with Gasteiger partial charge in [-0.2, -0.15) is 0 Å². The van der Waals surface area contributed by atoms with Crippen molar-refractivity contribution in [3.05, 3.63) is 0 Å². The van der Waals surface area contributed by atoms with E-state index in [4.69, 9.17) is 5.73 Å². The largest absolute Gasteiger partial charge is 0.529 e. The molecule has 11 heavy (non-hydrogen) atoms. The van der Waals surface area contributed by atoms with E-state index in [1.165, 1.54) is 0 Å². The molecule has 64 valence electrons. The molecular weight excluding hydrogens is 148 g/mol. The number of nitrogens with zero attached hydrogens (tertiary/aromatic N) is 1. The van der Waals surface area contributed by atoms with Crippen molar-refractivity contribution in [3.8, 4) is 0 Å². The third kappa shape index (κ3) is 3.44. The van der Waals surface area contributed by atoms with Crippen LogP contribution in [0.4, 0.5) is 9.59 Å². The predicted molar refractivity (Wildman–Crippen MR) is 36.6 cm³/mol. The highest BCUT2D eigenvalue weighted by Crippen LogP contribution is 1.93. The highest BCUT2D eigenvalue weighted by molar-refractivity contribution is 5.87. The van der Waals surface area contributed by atoms with Gasteiger partial charge in [-0.05, 0) is 6.42 Å². The first kappa shape index (κ1) is 9.74. The summed E-state index contributed by atoms with van der Waals surface area (Å²) >= 11 is 0. The lowest BCUT2D eigenvalue weighted by atomic mass is 10.3. The standard InChI is InChI=1S/C6H12N2O3/c1-2-3-4-8(5(7)9)6(10)11/h2-4H2,1H3,(H2,7,9)(H,10,11)/p-1. The molecule has 0 bridgehead atoms. The van der Waals surface area contributed by atoms with Gasteiger partial charge in [-0.25, -0.2) is 4.79 Å². The first-order valence-corrected chi connectivity index (χ1v) is 3.37. The number of hydrogen-bond donors (Lipinski definition) is 1. The Morgan fingerprint density at radius 2 is 2.09 bits per heavy atom. The van der Waals surface area contributed by atoms with Gasteiger partial charge in [-0.1, -0.05) is 13.3 Å². The molecule has 0 aliphatic rings. The molecule has 0 aliphatic carbocycles. The summed E-state index contributed by atoms with van der Waals surface area (Å²) in [6, 6.07) is -0.974. The summed E-state index contributed by atoms with van der Waals surface area (Å²) in [7, 11) is 0. The van der Waals surface area contributed by atoms with Crippen LogP contribution in [0, 0.1) is 0 Å². The lowest BCUT2D eigenvalue weighted by molar-refractivity contribution is -0.261. The van der Waals surface area contributed by atoms with Gasteiger partial charge in [0.05, 0.1) is 0 Å². The van der Waals surface area contributed by atoms with Crippen LogP contribution in [-0.4, -0.2) is 23.6 Å². The number of carbonyl (C=O) groups excluding carboxylic acids is 2. The van der Waals surface area contributed by atoms with E-state index in [1.807, 2.05) is 6.92 Å². The maximum absolute atomic E-state index is 10.4. The third-order valence-corrected chi connectivity index (χ3v) is 1.22. The summed E-state index contributed by atoms with van der Waals surface area (Å²) in [5.41, 5.74) is 4.74. The van der Waals surface area contributed by atoms with Crippen molar-refractivity contribution in [3.63, 3.8) is 0 Å². The molecule has 0 saturated heterocycles. The van der Waals surface area contributed by atoms with Crippen LogP contribution in [0.1, 0.15) is 19.8 Å². The van der Waals surface area contributed by atoms with Crippen LogP contribution >= 0.6 is 0 Å². The van der Waals surface area contributed by atoms with E-state index < -0.39 is 12.1 Å². The van der Waals surface area contributed by atoms with E-state index in [1.54, 1.807) is 0 Å². The fraction of sp³-hybridized carbons (Fsp3) is 0.667. The Hall–Kier alpha value is -1.26. The molecule has 3 amide bonds. The van der Waals surface area contributed by atoms with Crippen LogP contribution in [0.5, 0.6) is 0 Å². The van der Waals surface area contributed by atoms with Crippen molar-refractivity contribution < 1.29 is 14.7 Å². The van der Waals surface area contributed by atoms with Gasteiger partial charge in [0, 0.05) is 6.54 Å². The zero-order valence-electron chi connectivity index (χ0n) is 6.37. The van der Waals surface area contributed by atoms with Gasteiger partial charge in [0.15, 0.2) is 0 Å². The molecule has 0 aromatic rings. The Morgan fingerprint density at radius 1 is 1.55 bits per heavy atom. The maximum atomic E-state index is 10.4. The molecule has 0 radical (unpaired) electrons. The highest BCUT2D eigenvalue weighted by Gasteiger charge is 2.08. The number of unbranched alkanes of at least 4 members (excludes halogenated alkanes) is 1. The minimum absolute atomic E-state index is 0.119. The first-order chi connectivity index (χ1) is 5.09. The minimum Gasteiger partial charge on any atom is -0.529 e. The molecule has 0 fully saturated rings. The number of primary amides is 1. The van der Waals surface area contributed by atoms with Gasteiger partial charge in [0.2, 0.25) is 0 Å². The average molecular weight is 159 g/mol. The Bertz CT molecular complexity index is 144. The van der Waals surface area contributed by atoms with E-state index in [0.29, 0.717) is 11.3 Å². The van der Waals surface area contributed by atoms with Crippen molar-refractivity contribution in [1.82, 2.24) is 4.90 Å². The number of amides is 3. The van der Waals surface area contributed by atoms with Gasteiger partial charge < -0.3 is 15.6 Å². The number of nitrogens with two attached hydrogens (primary N) is 1. The molecule has 5 nitrogen and oxygen atoms in total. The number of rotatable bonds is 3. The van der Waals surface area contributed by atoms with Crippen LogP contribution < -0.4 is 10.8 Å². The number of imide groups is 1. The molecule has 0 atom stereocenters. The van der Waals surface area contributed by atoms with E-state index >= 15 is 0 Å². The summed E-state index contributed by atoms with van der Waals surface area (Å²) in [5.74, 6) is 0. The zero-order valence-corrected chi connectivity index (χ0v) is 6.37. The Morgan fingerprint density at radius 3 is 2.36 bits per heavy atom. The molecule has 0 spiro atoms. The second kappa shape index (κ2) is 4.54. The molecule has 5 heteroatoms. The molecule has 0 rings (SSSR count). The number of urea groups is 1. The van der Waals surface area contributed by atoms with Crippen molar-refractivity contribution >= 4 is 12.1 Å². The lowest BCUT2D eigenvalue weighted by Gasteiger charge is -2.19. The fourth-order valence-corrected chi connectivity index (χ4v) is 0.608. The normalized spacial score (nSPS) is 9.18. The highest BCUT2D eigenvalue weighted by atomic mass is 16.4. The summed E-state index contributed by atoms with van der Waals surface area (Å²) in [5, 5.41) is 10.2. The summed E-state index contributed by atoms with van der Waals surface area (Å²) < 4.78 is 0. The van der Waals surface area contributed by atoms with E-state index in [9.17, 15) is 14.7 Å². The summed E-state index contributed by atoms with van der Waals surface area (Å²) in [6.45, 7) is 2.00. The fourth-order valence-electron chi connectivity index (χ4n) is 0.608. The first-order valence-electron chi connectivity index (χ1n) is 3.37. The molecule has 0 saturated carbocycles. The number of carboxylic acid groups (broad SMARTS) is 1. The number of hydrogen-bond acceptors (Lipinski definition) is 3.